The predicted molar refractivity (Wildman–Crippen MR) is 119 cm³/mol. The standard InChI is InChI=1S/C26H38N2O2/c1-15-21(16(2)28(5)27-15)12-17-13-23-20-7-6-18-14-19(29)8-10-25(18,3)22(20)9-11-26(23,4)24(17)30/h12,18-20,22-23,29H,6-11,13-14H2,1-5H3/b17-12-/t18-,19-,20+,22-,23-,25-,26-/m0/s1. The minimum Gasteiger partial charge on any atom is -0.393 e. The summed E-state index contributed by atoms with van der Waals surface area (Å²) >= 11 is 0. The molecule has 4 aliphatic rings. The van der Waals surface area contributed by atoms with Gasteiger partial charge in [0.15, 0.2) is 5.78 Å². The molecule has 0 unspecified atom stereocenters. The normalized spacial score (nSPS) is 44.7. The molecule has 1 aromatic heterocycles. The van der Waals surface area contributed by atoms with E-state index in [1.807, 2.05) is 18.7 Å². The van der Waals surface area contributed by atoms with Gasteiger partial charge in [-0.3, -0.25) is 9.48 Å². The number of nitrogens with zero attached hydrogens (tertiary/aromatic N) is 2. The third kappa shape index (κ3) is 2.75. The fourth-order valence-electron chi connectivity index (χ4n) is 8.21. The van der Waals surface area contributed by atoms with Crippen molar-refractivity contribution < 1.29 is 9.90 Å². The van der Waals surface area contributed by atoms with E-state index >= 15 is 0 Å². The van der Waals surface area contributed by atoms with Gasteiger partial charge < -0.3 is 5.11 Å². The number of Topliss-reactive ketones (excluding diaryl/α,β-unsaturated/α-hetero) is 1. The van der Waals surface area contributed by atoms with E-state index in [-0.39, 0.29) is 11.5 Å². The van der Waals surface area contributed by atoms with Gasteiger partial charge in [-0.05, 0) is 106 Å². The van der Waals surface area contributed by atoms with Gasteiger partial charge in [0.25, 0.3) is 0 Å². The largest absolute Gasteiger partial charge is 0.393 e. The molecule has 5 rings (SSSR count). The van der Waals surface area contributed by atoms with Crippen LogP contribution in [0.3, 0.4) is 0 Å². The second kappa shape index (κ2) is 6.79. The molecule has 1 aromatic rings. The summed E-state index contributed by atoms with van der Waals surface area (Å²) in [5, 5.41) is 14.8. The number of rotatable bonds is 1. The molecular formula is C26H38N2O2. The molecule has 0 aromatic carbocycles. The van der Waals surface area contributed by atoms with Crippen LogP contribution in [-0.2, 0) is 11.8 Å². The molecule has 0 aliphatic heterocycles. The number of carbonyl (C=O) groups excluding carboxylic acids is 1. The fourth-order valence-corrected chi connectivity index (χ4v) is 8.21. The molecule has 1 heterocycles. The van der Waals surface area contributed by atoms with Gasteiger partial charge in [0.1, 0.15) is 0 Å². The minimum atomic E-state index is -0.186. The quantitative estimate of drug-likeness (QED) is 0.663. The molecule has 0 saturated heterocycles. The SMILES string of the molecule is Cc1nn(C)c(C)c1/C=C1/C[C@H]2[C@@H]3CC[C@H]4C[C@@H](O)CC[C@]4(C)[C@H]3CC[C@]2(C)C1=O. The monoisotopic (exact) mass is 410 g/mol. The average molecular weight is 411 g/mol. The molecular weight excluding hydrogens is 372 g/mol. The number of hydrogen-bond donors (Lipinski definition) is 1. The number of ketones is 1. The lowest BCUT2D eigenvalue weighted by Crippen LogP contribution is -2.54. The van der Waals surface area contributed by atoms with Crippen LogP contribution in [0.4, 0.5) is 0 Å². The molecule has 0 amide bonds. The number of aliphatic hydroxyl groups is 1. The first-order valence-corrected chi connectivity index (χ1v) is 12.1. The number of aryl methyl sites for hydroxylation is 2. The second-order valence-electron chi connectivity index (χ2n) is 11.5. The highest BCUT2D eigenvalue weighted by Crippen LogP contribution is 2.66. The zero-order chi connectivity index (χ0) is 21.4. The summed E-state index contributed by atoms with van der Waals surface area (Å²) in [6, 6.07) is 0. The lowest BCUT2D eigenvalue weighted by molar-refractivity contribution is -0.141. The molecule has 4 aliphatic carbocycles. The summed E-state index contributed by atoms with van der Waals surface area (Å²) in [5.74, 6) is 2.93. The Hall–Kier alpha value is -1.42. The molecule has 4 saturated carbocycles. The second-order valence-corrected chi connectivity index (χ2v) is 11.5. The molecule has 0 radical (unpaired) electrons. The van der Waals surface area contributed by atoms with Gasteiger partial charge in [-0.25, -0.2) is 0 Å². The summed E-state index contributed by atoms with van der Waals surface area (Å²) in [5.41, 5.74) is 4.50. The maximum Gasteiger partial charge on any atom is 0.165 e. The number of aromatic nitrogens is 2. The molecule has 7 atom stereocenters. The van der Waals surface area contributed by atoms with E-state index in [1.165, 1.54) is 19.3 Å². The highest BCUT2D eigenvalue weighted by molar-refractivity contribution is 6.06. The first kappa shape index (κ1) is 20.5. The van der Waals surface area contributed by atoms with E-state index in [2.05, 4.69) is 31.9 Å². The minimum absolute atomic E-state index is 0.0953. The topological polar surface area (TPSA) is 55.1 Å². The zero-order valence-electron chi connectivity index (χ0n) is 19.4. The summed E-state index contributed by atoms with van der Waals surface area (Å²) in [7, 11) is 1.98. The van der Waals surface area contributed by atoms with Crippen molar-refractivity contribution in [1.82, 2.24) is 9.78 Å². The van der Waals surface area contributed by atoms with Crippen molar-refractivity contribution in [2.45, 2.75) is 85.2 Å². The summed E-state index contributed by atoms with van der Waals surface area (Å²) in [6.45, 7) is 8.91. The maximum atomic E-state index is 13.6. The lowest BCUT2D eigenvalue weighted by atomic mass is 9.45. The zero-order valence-corrected chi connectivity index (χ0v) is 19.4. The number of allylic oxidation sites excluding steroid dienone is 1. The van der Waals surface area contributed by atoms with Gasteiger partial charge in [-0.2, -0.15) is 5.10 Å². The van der Waals surface area contributed by atoms with E-state index in [4.69, 9.17) is 0 Å². The van der Waals surface area contributed by atoms with Crippen LogP contribution in [0.5, 0.6) is 0 Å². The molecule has 0 bridgehead atoms. The predicted octanol–water partition coefficient (Wildman–Crippen LogP) is 5.00. The summed E-state index contributed by atoms with van der Waals surface area (Å²) in [6.07, 6.45) is 10.8. The Balaban J connectivity index is 1.47. The van der Waals surface area contributed by atoms with Crippen molar-refractivity contribution in [2.75, 3.05) is 0 Å². The van der Waals surface area contributed by atoms with Gasteiger partial charge in [0.2, 0.25) is 0 Å². The van der Waals surface area contributed by atoms with Gasteiger partial charge in [-0.15, -0.1) is 0 Å². The Kier molecular flexibility index (Phi) is 4.63. The molecule has 4 nitrogen and oxygen atoms in total. The highest BCUT2D eigenvalue weighted by Gasteiger charge is 2.61. The molecule has 4 fully saturated rings. The lowest BCUT2D eigenvalue weighted by Gasteiger charge is -2.59. The number of hydrogen-bond acceptors (Lipinski definition) is 3. The average Bonchev–Trinajstić information content (AvgIpc) is 3.10. The number of fused-ring (bicyclic) bond motifs is 5. The Morgan fingerprint density at radius 3 is 2.57 bits per heavy atom. The molecule has 30 heavy (non-hydrogen) atoms. The number of aliphatic hydroxyl groups excluding tert-OH is 1. The summed E-state index contributed by atoms with van der Waals surface area (Å²) in [4.78, 5) is 13.6. The highest BCUT2D eigenvalue weighted by atomic mass is 16.3. The van der Waals surface area contributed by atoms with Crippen molar-refractivity contribution in [3.63, 3.8) is 0 Å². The van der Waals surface area contributed by atoms with Crippen LogP contribution < -0.4 is 0 Å². The Morgan fingerprint density at radius 1 is 1.10 bits per heavy atom. The van der Waals surface area contributed by atoms with Crippen LogP contribution in [0.2, 0.25) is 0 Å². The van der Waals surface area contributed by atoms with E-state index in [0.717, 1.165) is 60.5 Å². The van der Waals surface area contributed by atoms with E-state index < -0.39 is 0 Å². The number of carbonyl (C=O) groups is 1. The molecule has 0 spiro atoms. The Morgan fingerprint density at radius 2 is 1.87 bits per heavy atom. The van der Waals surface area contributed by atoms with Crippen LogP contribution in [0.15, 0.2) is 5.57 Å². The molecule has 164 valence electrons. The van der Waals surface area contributed by atoms with E-state index in [1.54, 1.807) is 0 Å². The molecule has 1 N–H and O–H groups in total. The fraction of sp³-hybridized carbons (Fsp3) is 0.769. The van der Waals surface area contributed by atoms with Crippen molar-refractivity contribution in [1.29, 1.82) is 0 Å². The van der Waals surface area contributed by atoms with Crippen molar-refractivity contribution in [3.8, 4) is 0 Å². The van der Waals surface area contributed by atoms with Gasteiger partial charge >= 0.3 is 0 Å². The van der Waals surface area contributed by atoms with Crippen LogP contribution in [0.1, 0.15) is 82.2 Å². The van der Waals surface area contributed by atoms with Crippen LogP contribution in [0, 0.1) is 48.3 Å². The summed E-state index contributed by atoms with van der Waals surface area (Å²) < 4.78 is 1.92. The van der Waals surface area contributed by atoms with Gasteiger partial charge in [0, 0.05) is 23.7 Å². The van der Waals surface area contributed by atoms with E-state index in [9.17, 15) is 9.90 Å². The Bertz CT molecular complexity index is 914. The third-order valence-corrected chi connectivity index (χ3v) is 10.2. The van der Waals surface area contributed by atoms with Crippen molar-refractivity contribution in [3.05, 3.63) is 22.5 Å². The van der Waals surface area contributed by atoms with Crippen molar-refractivity contribution >= 4 is 11.9 Å². The third-order valence-electron chi connectivity index (χ3n) is 10.2. The maximum absolute atomic E-state index is 13.6. The smallest absolute Gasteiger partial charge is 0.165 e. The first-order valence-electron chi connectivity index (χ1n) is 12.1. The van der Waals surface area contributed by atoms with E-state index in [0.29, 0.717) is 29.0 Å². The molecule has 4 heteroatoms. The van der Waals surface area contributed by atoms with Crippen LogP contribution in [-0.4, -0.2) is 26.8 Å². The van der Waals surface area contributed by atoms with Crippen LogP contribution >= 0.6 is 0 Å². The Labute approximate surface area is 181 Å². The van der Waals surface area contributed by atoms with Gasteiger partial charge in [-0.1, -0.05) is 13.8 Å². The van der Waals surface area contributed by atoms with Gasteiger partial charge in [0.05, 0.1) is 11.8 Å². The van der Waals surface area contributed by atoms with Crippen LogP contribution in [0.25, 0.3) is 6.08 Å². The first-order chi connectivity index (χ1) is 14.1. The van der Waals surface area contributed by atoms with Crippen molar-refractivity contribution in [2.24, 2.45) is 41.5 Å².